The number of nitrogens with zero attached hydrogens (tertiary/aromatic N) is 2. The van der Waals surface area contributed by atoms with Crippen molar-refractivity contribution in [1.29, 1.82) is 5.26 Å². The first-order chi connectivity index (χ1) is 13.9. The van der Waals surface area contributed by atoms with Gasteiger partial charge in [0.15, 0.2) is 5.88 Å². The van der Waals surface area contributed by atoms with Crippen molar-refractivity contribution in [3.63, 3.8) is 0 Å². The third-order valence-electron chi connectivity index (χ3n) is 4.43. The van der Waals surface area contributed by atoms with Crippen LogP contribution < -0.4 is 10.2 Å². The number of nitriles is 1. The second-order valence-electron chi connectivity index (χ2n) is 6.18. The van der Waals surface area contributed by atoms with Crippen molar-refractivity contribution >= 4 is 40.2 Å². The Balaban J connectivity index is 2.28. The zero-order valence-electron chi connectivity index (χ0n) is 17.3. The average molecular weight is 416 g/mol. The molecule has 2 aromatic rings. The molecule has 0 spiro atoms. The Morgan fingerprint density at radius 1 is 1.28 bits per heavy atom. The van der Waals surface area contributed by atoms with Gasteiger partial charge in [-0.05, 0) is 46.2 Å². The molecule has 0 saturated heterocycles. The monoisotopic (exact) mass is 415 g/mol. The van der Waals surface area contributed by atoms with Gasteiger partial charge in [-0.25, -0.2) is 4.79 Å². The van der Waals surface area contributed by atoms with Crippen molar-refractivity contribution in [3.8, 4) is 6.07 Å². The van der Waals surface area contributed by atoms with Crippen LogP contribution >= 0.6 is 11.3 Å². The summed E-state index contributed by atoms with van der Waals surface area (Å²) >= 11 is 1.27. The average Bonchev–Trinajstić information content (AvgIpc) is 3.25. The molecule has 0 aliphatic heterocycles. The lowest BCUT2D eigenvalue weighted by atomic mass is 10.1. The third kappa shape index (κ3) is 5.06. The van der Waals surface area contributed by atoms with Crippen molar-refractivity contribution in [2.45, 2.75) is 34.6 Å². The molecule has 2 aromatic heterocycles. The number of ether oxygens (including phenoxy) is 1. The van der Waals surface area contributed by atoms with Gasteiger partial charge in [-0.3, -0.25) is 4.79 Å². The summed E-state index contributed by atoms with van der Waals surface area (Å²) in [4.78, 5) is 27.8. The van der Waals surface area contributed by atoms with Crippen LogP contribution in [0.5, 0.6) is 0 Å². The highest BCUT2D eigenvalue weighted by atomic mass is 32.1. The van der Waals surface area contributed by atoms with E-state index < -0.39 is 11.9 Å². The first kappa shape index (κ1) is 22.2. The minimum absolute atomic E-state index is 0.121. The van der Waals surface area contributed by atoms with Crippen LogP contribution in [0.3, 0.4) is 0 Å². The van der Waals surface area contributed by atoms with Gasteiger partial charge in [0.05, 0.1) is 12.2 Å². The Labute approximate surface area is 174 Å². The Bertz CT molecular complexity index is 961. The summed E-state index contributed by atoms with van der Waals surface area (Å²) in [5.74, 6) is -0.0297. The maximum atomic E-state index is 12.7. The minimum atomic E-state index is -0.611. The number of aryl methyl sites for hydroxylation is 1. The van der Waals surface area contributed by atoms with Gasteiger partial charge in [0.1, 0.15) is 22.4 Å². The lowest BCUT2D eigenvalue weighted by molar-refractivity contribution is -0.112. The summed E-state index contributed by atoms with van der Waals surface area (Å²) in [5.41, 5.74) is 0.951. The Morgan fingerprint density at radius 3 is 2.55 bits per heavy atom. The van der Waals surface area contributed by atoms with Crippen LogP contribution in [-0.2, 0) is 9.53 Å². The number of furan rings is 1. The second kappa shape index (κ2) is 9.94. The standard InChI is InChI=1S/C21H25N3O4S/c1-6-24(7-2)17-10-9-16(28-17)11-15(12-22)19(25)23-20-18(21(26)27-8-3)13(4)14(5)29-20/h9-11H,6-8H2,1-5H3,(H,23,25)/b15-11+. The quantitative estimate of drug-likeness (QED) is 0.387. The van der Waals surface area contributed by atoms with Crippen LogP contribution in [0.4, 0.5) is 10.9 Å². The summed E-state index contributed by atoms with van der Waals surface area (Å²) in [6, 6.07) is 5.41. The predicted molar refractivity (Wildman–Crippen MR) is 114 cm³/mol. The van der Waals surface area contributed by atoms with E-state index in [0.29, 0.717) is 22.2 Å². The van der Waals surface area contributed by atoms with Gasteiger partial charge in [0.25, 0.3) is 5.91 Å². The molecule has 2 rings (SSSR count). The number of hydrogen-bond acceptors (Lipinski definition) is 7. The van der Waals surface area contributed by atoms with Crippen molar-refractivity contribution in [2.75, 3.05) is 29.9 Å². The number of rotatable bonds is 8. The SMILES string of the molecule is CCOC(=O)c1c(NC(=O)/C(C#N)=C/c2ccc(N(CC)CC)o2)sc(C)c1C. The number of hydrogen-bond donors (Lipinski definition) is 1. The molecule has 7 nitrogen and oxygen atoms in total. The largest absolute Gasteiger partial charge is 0.462 e. The molecule has 0 saturated carbocycles. The molecular formula is C21H25N3O4S. The predicted octanol–water partition coefficient (Wildman–Crippen LogP) is 4.53. The highest BCUT2D eigenvalue weighted by Gasteiger charge is 2.23. The van der Waals surface area contributed by atoms with E-state index in [0.717, 1.165) is 23.5 Å². The molecule has 1 amide bonds. The first-order valence-corrected chi connectivity index (χ1v) is 10.2. The molecule has 0 fully saturated rings. The summed E-state index contributed by atoms with van der Waals surface area (Å²) in [6.07, 6.45) is 1.39. The van der Waals surface area contributed by atoms with Gasteiger partial charge >= 0.3 is 5.97 Å². The van der Waals surface area contributed by atoms with E-state index in [4.69, 9.17) is 9.15 Å². The summed E-state index contributed by atoms with van der Waals surface area (Å²) in [6.45, 7) is 11.2. The lowest BCUT2D eigenvalue weighted by Gasteiger charge is -2.16. The van der Waals surface area contributed by atoms with Gasteiger partial charge in [-0.2, -0.15) is 5.26 Å². The van der Waals surface area contributed by atoms with Gasteiger partial charge < -0.3 is 19.4 Å². The van der Waals surface area contributed by atoms with E-state index in [2.05, 4.69) is 5.32 Å². The Kier molecular flexibility index (Phi) is 7.62. The molecule has 0 aliphatic rings. The molecule has 0 unspecified atom stereocenters. The molecule has 0 atom stereocenters. The van der Waals surface area contributed by atoms with E-state index in [9.17, 15) is 14.9 Å². The fourth-order valence-electron chi connectivity index (χ4n) is 2.75. The number of anilines is 2. The van der Waals surface area contributed by atoms with E-state index in [-0.39, 0.29) is 12.2 Å². The van der Waals surface area contributed by atoms with Gasteiger partial charge in [-0.15, -0.1) is 11.3 Å². The van der Waals surface area contributed by atoms with Crippen LogP contribution in [0, 0.1) is 25.2 Å². The number of carbonyl (C=O) groups excluding carboxylic acids is 2. The lowest BCUT2D eigenvalue weighted by Crippen LogP contribution is -2.20. The van der Waals surface area contributed by atoms with Crippen LogP contribution in [-0.4, -0.2) is 31.6 Å². The fraction of sp³-hybridized carbons (Fsp3) is 0.381. The van der Waals surface area contributed by atoms with Crippen molar-refractivity contribution < 1.29 is 18.7 Å². The normalized spacial score (nSPS) is 11.1. The summed E-state index contributed by atoms with van der Waals surface area (Å²) in [7, 11) is 0. The van der Waals surface area contributed by atoms with Crippen molar-refractivity contribution in [2.24, 2.45) is 0 Å². The van der Waals surface area contributed by atoms with Crippen molar-refractivity contribution in [1.82, 2.24) is 0 Å². The summed E-state index contributed by atoms with van der Waals surface area (Å²) < 4.78 is 10.8. The van der Waals surface area contributed by atoms with Crippen LogP contribution in [0.15, 0.2) is 22.1 Å². The molecule has 29 heavy (non-hydrogen) atoms. The number of amides is 1. The minimum Gasteiger partial charge on any atom is -0.462 e. The molecule has 2 heterocycles. The number of carbonyl (C=O) groups is 2. The van der Waals surface area contributed by atoms with E-state index in [1.807, 2.05) is 31.7 Å². The zero-order valence-corrected chi connectivity index (χ0v) is 18.1. The van der Waals surface area contributed by atoms with Gasteiger partial charge in [0, 0.05) is 30.1 Å². The zero-order chi connectivity index (χ0) is 21.6. The van der Waals surface area contributed by atoms with Crippen LogP contribution in [0.2, 0.25) is 0 Å². The maximum absolute atomic E-state index is 12.7. The Morgan fingerprint density at radius 2 is 1.97 bits per heavy atom. The maximum Gasteiger partial charge on any atom is 0.341 e. The van der Waals surface area contributed by atoms with E-state index >= 15 is 0 Å². The van der Waals surface area contributed by atoms with E-state index in [1.165, 1.54) is 17.4 Å². The molecule has 0 aliphatic carbocycles. The number of esters is 1. The number of nitrogens with one attached hydrogen (secondary N) is 1. The van der Waals surface area contributed by atoms with Crippen LogP contribution in [0.25, 0.3) is 6.08 Å². The highest BCUT2D eigenvalue weighted by molar-refractivity contribution is 7.16. The number of thiophene rings is 1. The molecule has 0 aromatic carbocycles. The molecule has 0 bridgehead atoms. The fourth-order valence-corrected chi connectivity index (χ4v) is 3.79. The molecule has 8 heteroatoms. The van der Waals surface area contributed by atoms with Crippen molar-refractivity contribution in [3.05, 3.63) is 39.5 Å². The first-order valence-electron chi connectivity index (χ1n) is 9.41. The molecular weight excluding hydrogens is 390 g/mol. The molecule has 0 radical (unpaired) electrons. The molecule has 1 N–H and O–H groups in total. The topological polar surface area (TPSA) is 95.6 Å². The van der Waals surface area contributed by atoms with Crippen LogP contribution in [0.1, 0.15) is 47.3 Å². The Hall–Kier alpha value is -3.05. The van der Waals surface area contributed by atoms with E-state index in [1.54, 1.807) is 26.0 Å². The smallest absolute Gasteiger partial charge is 0.341 e. The summed E-state index contributed by atoms with van der Waals surface area (Å²) in [5, 5.41) is 12.5. The third-order valence-corrected chi connectivity index (χ3v) is 5.55. The van der Waals surface area contributed by atoms with Gasteiger partial charge in [-0.1, -0.05) is 0 Å². The molecule has 154 valence electrons. The van der Waals surface area contributed by atoms with Gasteiger partial charge in [0.2, 0.25) is 0 Å². The highest BCUT2D eigenvalue weighted by Crippen LogP contribution is 2.33. The second-order valence-corrected chi connectivity index (χ2v) is 7.40.